The fourth-order valence-corrected chi connectivity index (χ4v) is 4.26. The van der Waals surface area contributed by atoms with E-state index < -0.39 is 0 Å². The average molecular weight is 419 g/mol. The first-order chi connectivity index (χ1) is 15.2. The molecule has 1 saturated heterocycles. The molecule has 6 nitrogen and oxygen atoms in total. The number of nitrogens with one attached hydrogen (secondary N) is 1. The number of piperidine rings is 1. The summed E-state index contributed by atoms with van der Waals surface area (Å²) in [6, 6.07) is 20.5. The Labute approximate surface area is 183 Å². The fraction of sp³-hybridized carbons (Fsp3) is 0.400. The van der Waals surface area contributed by atoms with Gasteiger partial charge in [-0.2, -0.15) is 4.98 Å². The van der Waals surface area contributed by atoms with Gasteiger partial charge in [0.1, 0.15) is 0 Å². The average Bonchev–Trinajstić information content (AvgIpc) is 3.26. The molecule has 31 heavy (non-hydrogen) atoms. The molecule has 1 aromatic heterocycles. The molecule has 0 aliphatic carbocycles. The fourth-order valence-electron chi connectivity index (χ4n) is 4.26. The van der Waals surface area contributed by atoms with Crippen LogP contribution < -0.4 is 5.32 Å². The molecule has 4 rings (SSSR count). The molecule has 1 unspecified atom stereocenters. The number of carbonyl (C=O) groups is 1. The van der Waals surface area contributed by atoms with Crippen molar-refractivity contribution in [2.45, 2.75) is 44.6 Å². The van der Waals surface area contributed by atoms with E-state index in [1.54, 1.807) is 6.92 Å². The zero-order chi connectivity index (χ0) is 21.5. The van der Waals surface area contributed by atoms with E-state index in [1.807, 2.05) is 36.4 Å². The molecule has 6 heteroatoms. The Morgan fingerprint density at radius 1 is 1.10 bits per heavy atom. The highest BCUT2D eigenvalue weighted by Gasteiger charge is 2.25. The molecule has 162 valence electrons. The summed E-state index contributed by atoms with van der Waals surface area (Å²) in [6.07, 6.45) is 3.63. The Bertz CT molecular complexity index is 950. The molecule has 1 fully saturated rings. The van der Waals surface area contributed by atoms with Crippen LogP contribution in [0, 0.1) is 0 Å². The molecule has 1 aliphatic heterocycles. The molecule has 0 bridgehead atoms. The van der Waals surface area contributed by atoms with Crippen LogP contribution in [0.5, 0.6) is 0 Å². The summed E-state index contributed by atoms with van der Waals surface area (Å²) in [5.74, 6) is 1.89. The number of rotatable bonds is 8. The summed E-state index contributed by atoms with van der Waals surface area (Å²) in [4.78, 5) is 18.8. The minimum atomic E-state index is 0.0102. The molecule has 3 aromatic rings. The first-order valence-corrected chi connectivity index (χ1v) is 11.1. The summed E-state index contributed by atoms with van der Waals surface area (Å²) in [5, 5.41) is 7.35. The van der Waals surface area contributed by atoms with Gasteiger partial charge in [0.25, 0.3) is 0 Å². The van der Waals surface area contributed by atoms with Gasteiger partial charge in [-0.25, -0.2) is 0 Å². The van der Waals surface area contributed by atoms with E-state index in [1.165, 1.54) is 5.56 Å². The van der Waals surface area contributed by atoms with Crippen molar-refractivity contribution in [2.75, 3.05) is 19.6 Å². The number of carbonyl (C=O) groups excluding carboxylic acids is 1. The Kier molecular flexibility index (Phi) is 7.10. The zero-order valence-electron chi connectivity index (χ0n) is 18.0. The quantitative estimate of drug-likeness (QED) is 0.596. The highest BCUT2D eigenvalue weighted by Crippen LogP contribution is 2.27. The first-order valence-electron chi connectivity index (χ1n) is 11.1. The number of hydrogen-bond acceptors (Lipinski definition) is 5. The van der Waals surface area contributed by atoms with Gasteiger partial charge in [0.15, 0.2) is 5.82 Å². The summed E-state index contributed by atoms with van der Waals surface area (Å²) >= 11 is 0. The highest BCUT2D eigenvalue weighted by molar-refractivity contribution is 5.73. The van der Waals surface area contributed by atoms with E-state index in [4.69, 9.17) is 4.52 Å². The van der Waals surface area contributed by atoms with Gasteiger partial charge in [-0.1, -0.05) is 65.8 Å². The number of likely N-dealkylation sites (tertiary alicyclic amines) is 1. The lowest BCUT2D eigenvalue weighted by Crippen LogP contribution is -2.36. The molecular formula is C25H30N4O2. The van der Waals surface area contributed by atoms with Crippen molar-refractivity contribution < 1.29 is 9.32 Å². The number of benzene rings is 2. The first kappa shape index (κ1) is 21.2. The normalized spacial score (nSPS) is 16.2. The molecule has 0 radical (unpaired) electrons. The minimum absolute atomic E-state index is 0.0102. The third-order valence-corrected chi connectivity index (χ3v) is 5.95. The van der Waals surface area contributed by atoms with Gasteiger partial charge >= 0.3 is 0 Å². The summed E-state index contributed by atoms with van der Waals surface area (Å²) in [7, 11) is 0. The van der Waals surface area contributed by atoms with Gasteiger partial charge in [-0.05, 0) is 43.5 Å². The minimum Gasteiger partial charge on any atom is -0.349 e. The summed E-state index contributed by atoms with van der Waals surface area (Å²) < 4.78 is 5.50. The van der Waals surface area contributed by atoms with Gasteiger partial charge in [-0.15, -0.1) is 0 Å². The second-order valence-electron chi connectivity index (χ2n) is 8.28. The number of aromatic nitrogens is 2. The van der Waals surface area contributed by atoms with Crippen LogP contribution >= 0.6 is 0 Å². The standard InChI is InChI=1S/C25H30N4O2/c1-19(30)26-23(21-10-6-3-7-11-21)14-17-29-15-12-22(13-16-29)25-27-24(31-28-25)18-20-8-4-2-5-9-20/h2-11,22-23H,12-18H2,1H3,(H,26,30). The summed E-state index contributed by atoms with van der Waals surface area (Å²) in [6.45, 7) is 4.56. The third-order valence-electron chi connectivity index (χ3n) is 5.95. The molecule has 1 atom stereocenters. The van der Waals surface area contributed by atoms with Crippen molar-refractivity contribution >= 4 is 5.91 Å². The maximum absolute atomic E-state index is 11.6. The topological polar surface area (TPSA) is 71.3 Å². The van der Waals surface area contributed by atoms with Crippen molar-refractivity contribution in [3.8, 4) is 0 Å². The number of hydrogen-bond donors (Lipinski definition) is 1. The lowest BCUT2D eigenvalue weighted by Gasteiger charge is -2.31. The Morgan fingerprint density at radius 3 is 2.45 bits per heavy atom. The van der Waals surface area contributed by atoms with Crippen LogP contribution in [0.2, 0.25) is 0 Å². The molecule has 0 saturated carbocycles. The van der Waals surface area contributed by atoms with E-state index in [0.717, 1.165) is 50.3 Å². The van der Waals surface area contributed by atoms with Crippen LogP contribution in [0.1, 0.15) is 61.0 Å². The van der Waals surface area contributed by atoms with Crippen molar-refractivity contribution in [1.82, 2.24) is 20.4 Å². The predicted octanol–water partition coefficient (Wildman–Crippen LogP) is 4.11. The molecule has 0 spiro atoms. The maximum atomic E-state index is 11.6. The molecule has 1 amide bonds. The Hall–Kier alpha value is -2.99. The Balaban J connectivity index is 1.27. The van der Waals surface area contributed by atoms with E-state index >= 15 is 0 Å². The van der Waals surface area contributed by atoms with Crippen molar-refractivity contribution in [2.24, 2.45) is 0 Å². The largest absolute Gasteiger partial charge is 0.349 e. The predicted molar refractivity (Wildman–Crippen MR) is 120 cm³/mol. The monoisotopic (exact) mass is 418 g/mol. The van der Waals surface area contributed by atoms with Gasteiger partial charge in [0.05, 0.1) is 12.5 Å². The van der Waals surface area contributed by atoms with E-state index in [9.17, 15) is 4.79 Å². The van der Waals surface area contributed by atoms with Gasteiger partial charge in [-0.3, -0.25) is 4.79 Å². The van der Waals surface area contributed by atoms with Crippen LogP contribution in [0.25, 0.3) is 0 Å². The van der Waals surface area contributed by atoms with Crippen LogP contribution in [-0.4, -0.2) is 40.6 Å². The van der Waals surface area contributed by atoms with Crippen LogP contribution in [0.4, 0.5) is 0 Å². The third kappa shape index (κ3) is 6.01. The molecule has 2 heterocycles. The van der Waals surface area contributed by atoms with Gasteiger partial charge in [0.2, 0.25) is 11.8 Å². The van der Waals surface area contributed by atoms with Crippen molar-refractivity contribution in [3.63, 3.8) is 0 Å². The Morgan fingerprint density at radius 2 is 1.77 bits per heavy atom. The zero-order valence-corrected chi connectivity index (χ0v) is 18.0. The van der Waals surface area contributed by atoms with Crippen LogP contribution in [0.15, 0.2) is 65.2 Å². The van der Waals surface area contributed by atoms with Gasteiger partial charge in [0, 0.05) is 19.4 Å². The van der Waals surface area contributed by atoms with Gasteiger partial charge < -0.3 is 14.7 Å². The van der Waals surface area contributed by atoms with E-state index in [2.05, 4.69) is 44.6 Å². The van der Waals surface area contributed by atoms with Crippen molar-refractivity contribution in [3.05, 3.63) is 83.5 Å². The molecule has 1 N–H and O–H groups in total. The van der Waals surface area contributed by atoms with E-state index in [0.29, 0.717) is 18.2 Å². The number of amides is 1. The second kappa shape index (κ2) is 10.4. The highest BCUT2D eigenvalue weighted by atomic mass is 16.5. The summed E-state index contributed by atoms with van der Waals surface area (Å²) in [5.41, 5.74) is 2.34. The van der Waals surface area contributed by atoms with Crippen molar-refractivity contribution in [1.29, 1.82) is 0 Å². The molecule has 2 aromatic carbocycles. The number of nitrogens with zero attached hydrogens (tertiary/aromatic N) is 3. The maximum Gasteiger partial charge on any atom is 0.231 e. The smallest absolute Gasteiger partial charge is 0.231 e. The SMILES string of the molecule is CC(=O)NC(CCN1CCC(c2noc(Cc3ccccc3)n2)CC1)c1ccccc1. The van der Waals surface area contributed by atoms with Crippen LogP contribution in [-0.2, 0) is 11.2 Å². The molecule has 1 aliphatic rings. The lowest BCUT2D eigenvalue weighted by molar-refractivity contribution is -0.119. The van der Waals surface area contributed by atoms with E-state index in [-0.39, 0.29) is 11.9 Å². The molecular weight excluding hydrogens is 388 g/mol. The van der Waals surface area contributed by atoms with Crippen LogP contribution in [0.3, 0.4) is 0 Å². The second-order valence-corrected chi connectivity index (χ2v) is 8.28. The lowest BCUT2D eigenvalue weighted by atomic mass is 9.95.